The predicted molar refractivity (Wildman–Crippen MR) is 103 cm³/mol. The number of likely N-dealkylation sites (tertiary alicyclic amines) is 1. The third-order valence-electron chi connectivity index (χ3n) is 4.51. The Labute approximate surface area is 152 Å². The quantitative estimate of drug-likeness (QED) is 0.475. The van der Waals surface area contributed by atoms with Gasteiger partial charge in [0, 0.05) is 43.0 Å². The fourth-order valence-electron chi connectivity index (χ4n) is 2.99. The van der Waals surface area contributed by atoms with Crippen molar-refractivity contribution in [2.24, 2.45) is 29.2 Å². The normalized spacial score (nSPS) is 21.4. The van der Waals surface area contributed by atoms with Crippen LogP contribution in [-0.2, 0) is 7.05 Å². The standard InChI is InChI=1S/C18H25N7O/c1-18(21)5-6-25(11-18)17(20)22-9-15(19)14-4-3-12(7-16(14)26)13-8-23-24(2)10-13/h3-4,7-10,26H,5-6,11,19,21H2,1-2H3,(H2,20,22)/b15-9-. The molecule has 26 heavy (non-hydrogen) atoms. The van der Waals surface area contributed by atoms with E-state index in [1.165, 1.54) is 6.20 Å². The molecule has 2 aromatic rings. The molecule has 0 bridgehead atoms. The van der Waals surface area contributed by atoms with Crippen LogP contribution in [0.5, 0.6) is 5.75 Å². The second-order valence-electron chi connectivity index (χ2n) is 7.03. The molecular formula is C18H25N7O. The minimum absolute atomic E-state index is 0.0737. The number of guanidine groups is 1. The summed E-state index contributed by atoms with van der Waals surface area (Å²) in [5.41, 5.74) is 20.5. The van der Waals surface area contributed by atoms with Gasteiger partial charge in [0.15, 0.2) is 5.96 Å². The average molecular weight is 355 g/mol. The van der Waals surface area contributed by atoms with Crippen LogP contribution >= 0.6 is 0 Å². The number of hydrogen-bond acceptors (Lipinski definition) is 5. The minimum Gasteiger partial charge on any atom is -0.507 e. The van der Waals surface area contributed by atoms with Gasteiger partial charge in [-0.15, -0.1) is 0 Å². The van der Waals surface area contributed by atoms with E-state index >= 15 is 0 Å². The number of nitrogens with two attached hydrogens (primary N) is 3. The van der Waals surface area contributed by atoms with Crippen LogP contribution in [0.15, 0.2) is 41.8 Å². The van der Waals surface area contributed by atoms with Crippen molar-refractivity contribution in [3.63, 3.8) is 0 Å². The van der Waals surface area contributed by atoms with Crippen molar-refractivity contribution in [2.75, 3.05) is 13.1 Å². The number of nitrogens with zero attached hydrogens (tertiary/aromatic N) is 4. The van der Waals surface area contributed by atoms with Gasteiger partial charge in [-0.2, -0.15) is 5.10 Å². The highest BCUT2D eigenvalue weighted by Crippen LogP contribution is 2.29. The molecule has 8 nitrogen and oxygen atoms in total. The van der Waals surface area contributed by atoms with E-state index in [1.807, 2.05) is 31.1 Å². The zero-order valence-corrected chi connectivity index (χ0v) is 15.1. The molecule has 1 aliphatic rings. The lowest BCUT2D eigenvalue weighted by Gasteiger charge is -2.20. The molecule has 1 fully saturated rings. The molecule has 7 N–H and O–H groups in total. The Balaban J connectivity index is 1.78. The number of hydrogen-bond donors (Lipinski definition) is 4. The number of aromatic hydroxyl groups is 1. The first kappa shape index (κ1) is 17.8. The van der Waals surface area contributed by atoms with Crippen LogP contribution in [0.2, 0.25) is 0 Å². The minimum atomic E-state index is -0.254. The highest BCUT2D eigenvalue weighted by Gasteiger charge is 2.30. The van der Waals surface area contributed by atoms with Gasteiger partial charge in [-0.25, -0.2) is 4.99 Å². The van der Waals surface area contributed by atoms with Gasteiger partial charge in [-0.1, -0.05) is 6.07 Å². The van der Waals surface area contributed by atoms with Crippen molar-refractivity contribution < 1.29 is 5.11 Å². The number of aryl methyl sites for hydroxylation is 1. The SMILES string of the molecule is Cn1cc(-c2ccc(/C(N)=C/N=C(N)N3CCC(C)(N)C3)c(O)c2)cn1. The van der Waals surface area contributed by atoms with Gasteiger partial charge >= 0.3 is 0 Å². The lowest BCUT2D eigenvalue weighted by Crippen LogP contribution is -2.42. The lowest BCUT2D eigenvalue weighted by molar-refractivity contribution is 0.447. The lowest BCUT2D eigenvalue weighted by atomic mass is 10.0. The van der Waals surface area contributed by atoms with E-state index in [-0.39, 0.29) is 11.3 Å². The summed E-state index contributed by atoms with van der Waals surface area (Å²) in [6.07, 6.45) is 5.93. The molecule has 8 heteroatoms. The van der Waals surface area contributed by atoms with Crippen molar-refractivity contribution in [3.05, 3.63) is 42.4 Å². The van der Waals surface area contributed by atoms with Gasteiger partial charge in [-0.3, -0.25) is 4.68 Å². The van der Waals surface area contributed by atoms with Crippen LogP contribution in [0.25, 0.3) is 16.8 Å². The summed E-state index contributed by atoms with van der Waals surface area (Å²) in [5.74, 6) is 0.443. The van der Waals surface area contributed by atoms with Crippen molar-refractivity contribution in [1.29, 1.82) is 0 Å². The molecule has 1 aromatic heterocycles. The van der Waals surface area contributed by atoms with Gasteiger partial charge in [0.2, 0.25) is 0 Å². The number of aliphatic imine (C=N–C) groups is 1. The summed E-state index contributed by atoms with van der Waals surface area (Å²) in [5, 5.41) is 14.5. The number of phenolic OH excluding ortho intramolecular Hbond substituents is 1. The molecule has 0 saturated carbocycles. The topological polar surface area (TPSA) is 132 Å². The molecule has 0 amide bonds. The highest BCUT2D eigenvalue weighted by atomic mass is 16.3. The molecule has 1 aliphatic heterocycles. The fraction of sp³-hybridized carbons (Fsp3) is 0.333. The van der Waals surface area contributed by atoms with Crippen molar-refractivity contribution >= 4 is 11.7 Å². The second kappa shape index (κ2) is 6.72. The Morgan fingerprint density at radius 3 is 2.69 bits per heavy atom. The highest BCUT2D eigenvalue weighted by molar-refractivity contribution is 5.81. The van der Waals surface area contributed by atoms with Crippen LogP contribution in [0.1, 0.15) is 18.9 Å². The van der Waals surface area contributed by atoms with Crippen molar-refractivity contribution in [1.82, 2.24) is 14.7 Å². The summed E-state index contributed by atoms with van der Waals surface area (Å²) in [7, 11) is 1.84. The maximum atomic E-state index is 10.3. The first-order valence-corrected chi connectivity index (χ1v) is 8.40. The maximum absolute atomic E-state index is 10.3. The summed E-state index contributed by atoms with van der Waals surface area (Å²) >= 11 is 0. The molecule has 138 valence electrons. The molecule has 1 atom stereocenters. The number of benzene rings is 1. The summed E-state index contributed by atoms with van der Waals surface area (Å²) < 4.78 is 1.71. The molecule has 3 rings (SSSR count). The van der Waals surface area contributed by atoms with E-state index in [4.69, 9.17) is 17.2 Å². The van der Waals surface area contributed by atoms with E-state index in [0.717, 1.165) is 24.1 Å². The maximum Gasteiger partial charge on any atom is 0.196 e. The molecule has 0 spiro atoms. The van der Waals surface area contributed by atoms with E-state index in [0.29, 0.717) is 23.8 Å². The average Bonchev–Trinajstić information content (AvgIpc) is 3.17. The third kappa shape index (κ3) is 3.80. The predicted octanol–water partition coefficient (Wildman–Crippen LogP) is 0.788. The number of rotatable bonds is 3. The number of phenols is 1. The smallest absolute Gasteiger partial charge is 0.196 e. The monoisotopic (exact) mass is 355 g/mol. The Morgan fingerprint density at radius 1 is 1.35 bits per heavy atom. The van der Waals surface area contributed by atoms with E-state index in [2.05, 4.69) is 10.1 Å². The summed E-state index contributed by atoms with van der Waals surface area (Å²) in [4.78, 5) is 6.15. The number of aromatic nitrogens is 2. The first-order chi connectivity index (χ1) is 12.2. The molecule has 1 aromatic carbocycles. The van der Waals surface area contributed by atoms with Gasteiger partial charge in [0.25, 0.3) is 0 Å². The van der Waals surface area contributed by atoms with Crippen LogP contribution in [-0.4, -0.2) is 44.4 Å². The Bertz CT molecular complexity index is 866. The van der Waals surface area contributed by atoms with Crippen LogP contribution in [0.3, 0.4) is 0 Å². The largest absolute Gasteiger partial charge is 0.507 e. The zero-order chi connectivity index (χ0) is 18.9. The van der Waals surface area contributed by atoms with Gasteiger partial charge < -0.3 is 27.2 Å². The Kier molecular flexibility index (Phi) is 4.60. The molecule has 1 saturated heterocycles. The van der Waals surface area contributed by atoms with Crippen molar-refractivity contribution in [2.45, 2.75) is 18.9 Å². The Morgan fingerprint density at radius 2 is 2.12 bits per heavy atom. The fourth-order valence-corrected chi connectivity index (χ4v) is 2.99. The van der Waals surface area contributed by atoms with E-state index < -0.39 is 0 Å². The second-order valence-corrected chi connectivity index (χ2v) is 7.03. The van der Waals surface area contributed by atoms with Gasteiger partial charge in [0.1, 0.15) is 5.75 Å². The van der Waals surface area contributed by atoms with Crippen molar-refractivity contribution in [3.8, 4) is 16.9 Å². The molecule has 0 radical (unpaired) electrons. The van der Waals surface area contributed by atoms with Gasteiger partial charge in [0.05, 0.1) is 18.1 Å². The molecule has 2 heterocycles. The summed E-state index contributed by atoms with van der Waals surface area (Å²) in [6.45, 7) is 3.41. The molecular weight excluding hydrogens is 330 g/mol. The Hall–Kier alpha value is -3.00. The van der Waals surface area contributed by atoms with Gasteiger partial charge in [-0.05, 0) is 31.0 Å². The van der Waals surface area contributed by atoms with E-state index in [1.54, 1.807) is 23.0 Å². The third-order valence-corrected chi connectivity index (χ3v) is 4.51. The van der Waals surface area contributed by atoms with Crippen LogP contribution < -0.4 is 17.2 Å². The molecule has 0 aliphatic carbocycles. The van der Waals surface area contributed by atoms with Crippen LogP contribution in [0, 0.1) is 0 Å². The first-order valence-electron chi connectivity index (χ1n) is 8.40. The van der Waals surface area contributed by atoms with E-state index in [9.17, 15) is 5.11 Å². The molecule has 1 unspecified atom stereocenters. The zero-order valence-electron chi connectivity index (χ0n) is 15.1. The summed E-state index contributed by atoms with van der Waals surface area (Å²) in [6, 6.07) is 5.28. The van der Waals surface area contributed by atoms with Crippen LogP contribution in [0.4, 0.5) is 0 Å².